The monoisotopic (exact) mass is 240 g/mol. The first-order valence-electron chi connectivity index (χ1n) is 3.34. The Hall–Kier alpha value is 0.650. The van der Waals surface area contributed by atoms with E-state index >= 15 is 0 Å². The molecular formula is C6H13IN2. The van der Waals surface area contributed by atoms with Crippen molar-refractivity contribution in [2.45, 2.75) is 17.3 Å². The molecule has 3 heteroatoms. The van der Waals surface area contributed by atoms with Crippen LogP contribution < -0.4 is 5.84 Å². The minimum absolute atomic E-state index is 0.751. The van der Waals surface area contributed by atoms with Crippen molar-refractivity contribution in [2.24, 2.45) is 11.8 Å². The molecule has 0 aromatic rings. The molecule has 2 atom stereocenters. The van der Waals surface area contributed by atoms with Crippen molar-refractivity contribution in [1.82, 2.24) is 5.01 Å². The molecule has 0 radical (unpaired) electrons. The predicted octanol–water partition coefficient (Wildman–Crippen LogP) is 1.01. The molecule has 0 saturated carbocycles. The molecule has 1 fully saturated rings. The molecule has 1 saturated heterocycles. The Labute approximate surface area is 69.9 Å². The summed E-state index contributed by atoms with van der Waals surface area (Å²) in [5, 5.41) is 1.91. The predicted molar refractivity (Wildman–Crippen MR) is 47.3 cm³/mol. The van der Waals surface area contributed by atoms with Gasteiger partial charge in [0.25, 0.3) is 0 Å². The van der Waals surface area contributed by atoms with Crippen LogP contribution in [0.15, 0.2) is 0 Å². The Morgan fingerprint density at radius 3 is 2.78 bits per heavy atom. The standard InChI is InChI=1S/C6H13IN2/c1-5-2-3-9(8)4-6(5)7/h5-6H,2-4,8H2,1H3/t5-,6?/m0/s1. The first-order valence-corrected chi connectivity index (χ1v) is 4.58. The molecule has 0 bridgehead atoms. The molecule has 0 amide bonds. The Morgan fingerprint density at radius 1 is 1.67 bits per heavy atom. The molecule has 1 rings (SSSR count). The summed E-state index contributed by atoms with van der Waals surface area (Å²) in [4.78, 5) is 0. The van der Waals surface area contributed by atoms with E-state index in [1.54, 1.807) is 0 Å². The summed E-state index contributed by atoms with van der Waals surface area (Å²) < 4.78 is 0.751. The highest BCUT2D eigenvalue weighted by molar-refractivity contribution is 14.1. The Morgan fingerprint density at radius 2 is 2.33 bits per heavy atom. The second kappa shape index (κ2) is 3.16. The van der Waals surface area contributed by atoms with E-state index in [0.29, 0.717) is 0 Å². The number of hydrazine groups is 1. The number of piperidine rings is 1. The van der Waals surface area contributed by atoms with Gasteiger partial charge in [-0.15, -0.1) is 0 Å². The number of hydrogen-bond donors (Lipinski definition) is 1. The zero-order valence-electron chi connectivity index (χ0n) is 5.68. The first-order chi connectivity index (χ1) is 4.20. The van der Waals surface area contributed by atoms with Crippen LogP contribution in [0.5, 0.6) is 0 Å². The van der Waals surface area contributed by atoms with Crippen LogP contribution >= 0.6 is 22.6 Å². The lowest BCUT2D eigenvalue weighted by Crippen LogP contribution is -2.44. The van der Waals surface area contributed by atoms with Crippen molar-refractivity contribution in [3.8, 4) is 0 Å². The van der Waals surface area contributed by atoms with E-state index in [1.165, 1.54) is 6.42 Å². The van der Waals surface area contributed by atoms with Crippen molar-refractivity contribution in [2.75, 3.05) is 13.1 Å². The van der Waals surface area contributed by atoms with Crippen molar-refractivity contribution in [3.05, 3.63) is 0 Å². The maximum Gasteiger partial charge on any atom is 0.0277 e. The molecule has 0 aromatic carbocycles. The van der Waals surface area contributed by atoms with E-state index in [0.717, 1.165) is 22.9 Å². The van der Waals surface area contributed by atoms with Gasteiger partial charge in [-0.1, -0.05) is 29.5 Å². The summed E-state index contributed by atoms with van der Waals surface area (Å²) in [6.45, 7) is 4.42. The fraction of sp³-hybridized carbons (Fsp3) is 1.00. The largest absolute Gasteiger partial charge is 0.269 e. The zero-order chi connectivity index (χ0) is 6.85. The maximum absolute atomic E-state index is 5.62. The lowest BCUT2D eigenvalue weighted by Gasteiger charge is -2.30. The van der Waals surface area contributed by atoms with Gasteiger partial charge in [0, 0.05) is 17.0 Å². The van der Waals surface area contributed by atoms with Crippen LogP contribution in [0.4, 0.5) is 0 Å². The normalized spacial score (nSPS) is 39.0. The summed E-state index contributed by atoms with van der Waals surface area (Å²) >= 11 is 2.48. The molecule has 2 N–H and O–H groups in total. The quantitative estimate of drug-likeness (QED) is 0.389. The fourth-order valence-corrected chi connectivity index (χ4v) is 1.91. The van der Waals surface area contributed by atoms with Crippen LogP contribution in [-0.4, -0.2) is 22.0 Å². The first kappa shape index (κ1) is 7.75. The lowest BCUT2D eigenvalue weighted by molar-refractivity contribution is 0.209. The van der Waals surface area contributed by atoms with Gasteiger partial charge in [-0.05, 0) is 12.3 Å². The van der Waals surface area contributed by atoms with Crippen molar-refractivity contribution in [3.63, 3.8) is 0 Å². The molecule has 2 nitrogen and oxygen atoms in total. The molecule has 54 valence electrons. The van der Waals surface area contributed by atoms with Gasteiger partial charge < -0.3 is 0 Å². The summed E-state index contributed by atoms with van der Waals surface area (Å²) in [5.41, 5.74) is 0. The van der Waals surface area contributed by atoms with Gasteiger partial charge >= 0.3 is 0 Å². The third-order valence-corrected chi connectivity index (χ3v) is 3.52. The van der Waals surface area contributed by atoms with E-state index in [1.807, 2.05) is 5.01 Å². The topological polar surface area (TPSA) is 29.3 Å². The minimum Gasteiger partial charge on any atom is -0.269 e. The molecular weight excluding hydrogens is 227 g/mol. The molecule has 1 aliphatic rings. The Bertz CT molecular complexity index is 97.1. The molecule has 0 aromatic heterocycles. The number of hydrogen-bond acceptors (Lipinski definition) is 2. The van der Waals surface area contributed by atoms with Crippen LogP contribution in [0.1, 0.15) is 13.3 Å². The minimum atomic E-state index is 0.751. The van der Waals surface area contributed by atoms with Gasteiger partial charge in [0.1, 0.15) is 0 Å². The van der Waals surface area contributed by atoms with Crippen molar-refractivity contribution >= 4 is 22.6 Å². The summed E-state index contributed by atoms with van der Waals surface area (Å²) in [6, 6.07) is 0. The molecule has 1 heterocycles. The lowest BCUT2D eigenvalue weighted by atomic mass is 10.0. The van der Waals surface area contributed by atoms with Gasteiger partial charge in [0.05, 0.1) is 0 Å². The van der Waals surface area contributed by atoms with E-state index in [9.17, 15) is 0 Å². The van der Waals surface area contributed by atoms with Crippen LogP contribution in [0, 0.1) is 5.92 Å². The zero-order valence-corrected chi connectivity index (χ0v) is 7.84. The van der Waals surface area contributed by atoms with Gasteiger partial charge in [-0.2, -0.15) is 0 Å². The number of alkyl halides is 1. The molecule has 1 aliphatic heterocycles. The van der Waals surface area contributed by atoms with E-state index in [4.69, 9.17) is 5.84 Å². The van der Waals surface area contributed by atoms with E-state index < -0.39 is 0 Å². The Kier molecular flexibility index (Phi) is 2.73. The maximum atomic E-state index is 5.62. The van der Waals surface area contributed by atoms with Crippen molar-refractivity contribution in [1.29, 1.82) is 0 Å². The van der Waals surface area contributed by atoms with Gasteiger partial charge in [0.2, 0.25) is 0 Å². The summed E-state index contributed by atoms with van der Waals surface area (Å²) in [7, 11) is 0. The van der Waals surface area contributed by atoms with Gasteiger partial charge in [-0.3, -0.25) is 5.84 Å². The number of halogens is 1. The van der Waals surface area contributed by atoms with Gasteiger partial charge in [0.15, 0.2) is 0 Å². The third kappa shape index (κ3) is 2.05. The summed E-state index contributed by atoms with van der Waals surface area (Å²) in [6.07, 6.45) is 1.25. The Balaban J connectivity index is 2.35. The summed E-state index contributed by atoms with van der Waals surface area (Å²) in [5.74, 6) is 6.47. The van der Waals surface area contributed by atoms with Crippen LogP contribution in [0.25, 0.3) is 0 Å². The highest BCUT2D eigenvalue weighted by Crippen LogP contribution is 2.21. The highest BCUT2D eigenvalue weighted by atomic mass is 127. The number of nitrogens with two attached hydrogens (primary N) is 1. The smallest absolute Gasteiger partial charge is 0.0277 e. The molecule has 1 unspecified atom stereocenters. The second-order valence-electron chi connectivity index (χ2n) is 2.78. The van der Waals surface area contributed by atoms with Crippen molar-refractivity contribution < 1.29 is 0 Å². The van der Waals surface area contributed by atoms with Crippen LogP contribution in [-0.2, 0) is 0 Å². The van der Waals surface area contributed by atoms with Crippen LogP contribution in [0.2, 0.25) is 0 Å². The third-order valence-electron chi connectivity index (χ3n) is 1.90. The van der Waals surface area contributed by atoms with E-state index in [2.05, 4.69) is 29.5 Å². The molecule has 9 heavy (non-hydrogen) atoms. The average molecular weight is 240 g/mol. The molecule has 0 aliphatic carbocycles. The number of rotatable bonds is 0. The van der Waals surface area contributed by atoms with Gasteiger partial charge in [-0.25, -0.2) is 5.01 Å². The van der Waals surface area contributed by atoms with Crippen LogP contribution in [0.3, 0.4) is 0 Å². The highest BCUT2D eigenvalue weighted by Gasteiger charge is 2.21. The molecule has 0 spiro atoms. The fourth-order valence-electron chi connectivity index (χ4n) is 1.05. The SMILES string of the molecule is C[C@H]1CCN(N)CC1I. The van der Waals surface area contributed by atoms with E-state index in [-0.39, 0.29) is 0 Å². The second-order valence-corrected chi connectivity index (χ2v) is 4.38. The average Bonchev–Trinajstić information content (AvgIpc) is 1.80. The number of nitrogens with zero attached hydrogens (tertiary/aromatic N) is 1.